The maximum absolute atomic E-state index is 9.62. The number of hydrogen-bond acceptors (Lipinski definition) is 2. The lowest BCUT2D eigenvalue weighted by molar-refractivity contribution is 0.202. The monoisotopic (exact) mass is 239 g/mol. The summed E-state index contributed by atoms with van der Waals surface area (Å²) in [5, 5.41) is 9.62. The molecule has 0 aliphatic carbocycles. The summed E-state index contributed by atoms with van der Waals surface area (Å²) >= 11 is 5.65. The molecule has 16 heavy (non-hydrogen) atoms. The summed E-state index contributed by atoms with van der Waals surface area (Å²) in [6, 6.07) is 6.53. The van der Waals surface area contributed by atoms with E-state index in [-0.39, 0.29) is 0 Å². The largest absolute Gasteiger partial charge is 0.390 e. The maximum atomic E-state index is 9.62. The average molecular weight is 240 g/mol. The number of aliphatic hydroxyl groups is 1. The van der Waals surface area contributed by atoms with Crippen LogP contribution in [0.25, 0.3) is 0 Å². The Kier molecular flexibility index (Phi) is 3.72. The van der Waals surface area contributed by atoms with Gasteiger partial charge in [-0.1, -0.05) is 17.7 Å². The van der Waals surface area contributed by atoms with E-state index < -0.39 is 6.10 Å². The predicted molar refractivity (Wildman–Crippen MR) is 68.4 cm³/mol. The van der Waals surface area contributed by atoms with Crippen LogP contribution in [0.4, 0.5) is 5.69 Å². The van der Waals surface area contributed by atoms with E-state index >= 15 is 0 Å². The Hall–Kier alpha value is -0.730. The van der Waals surface area contributed by atoms with Gasteiger partial charge in [-0.05, 0) is 31.4 Å². The second kappa shape index (κ2) is 5.07. The fraction of sp³-hybridized carbons (Fsp3) is 0.538. The number of rotatable bonds is 3. The van der Waals surface area contributed by atoms with E-state index in [2.05, 4.69) is 30.0 Å². The summed E-state index contributed by atoms with van der Waals surface area (Å²) < 4.78 is 0. The zero-order valence-corrected chi connectivity index (χ0v) is 10.4. The summed E-state index contributed by atoms with van der Waals surface area (Å²) in [6.07, 6.45) is 1.87. The van der Waals surface area contributed by atoms with Crippen molar-refractivity contribution in [3.8, 4) is 0 Å². The van der Waals surface area contributed by atoms with Crippen LogP contribution in [0.15, 0.2) is 18.2 Å². The molecular formula is C13H18ClNO. The van der Waals surface area contributed by atoms with E-state index in [1.165, 1.54) is 16.8 Å². The molecule has 3 heteroatoms. The molecule has 2 nitrogen and oxygen atoms in total. The van der Waals surface area contributed by atoms with Gasteiger partial charge in [-0.2, -0.15) is 0 Å². The van der Waals surface area contributed by atoms with Gasteiger partial charge in [-0.3, -0.25) is 0 Å². The van der Waals surface area contributed by atoms with E-state index in [1.807, 2.05) is 0 Å². The molecule has 1 atom stereocenters. The van der Waals surface area contributed by atoms with Gasteiger partial charge in [0.15, 0.2) is 0 Å². The van der Waals surface area contributed by atoms with Crippen molar-refractivity contribution in [3.05, 3.63) is 29.3 Å². The van der Waals surface area contributed by atoms with Crippen molar-refractivity contribution >= 4 is 17.3 Å². The molecule has 1 aromatic carbocycles. The van der Waals surface area contributed by atoms with E-state index in [1.54, 1.807) is 0 Å². The summed E-state index contributed by atoms with van der Waals surface area (Å²) in [5.74, 6) is 0.303. The van der Waals surface area contributed by atoms with Gasteiger partial charge in [0.2, 0.25) is 0 Å². The minimum absolute atomic E-state index is 0.303. The molecule has 88 valence electrons. The third-order valence-electron chi connectivity index (χ3n) is 3.06. The van der Waals surface area contributed by atoms with Gasteiger partial charge in [-0.25, -0.2) is 0 Å². The third kappa shape index (κ3) is 2.50. The summed E-state index contributed by atoms with van der Waals surface area (Å²) in [4.78, 5) is 2.24. The molecule has 1 unspecified atom stereocenters. The summed E-state index contributed by atoms with van der Waals surface area (Å²) in [6.45, 7) is 3.77. The van der Waals surface area contributed by atoms with Crippen molar-refractivity contribution < 1.29 is 5.11 Å². The first-order valence-electron chi connectivity index (χ1n) is 5.79. The van der Waals surface area contributed by atoms with Gasteiger partial charge >= 0.3 is 0 Å². The van der Waals surface area contributed by atoms with E-state index in [9.17, 15) is 5.11 Å². The fourth-order valence-electron chi connectivity index (χ4n) is 2.30. The third-order valence-corrected chi connectivity index (χ3v) is 3.42. The summed E-state index contributed by atoms with van der Waals surface area (Å²) in [7, 11) is 0. The number of alkyl halides is 1. The van der Waals surface area contributed by atoms with Crippen LogP contribution in [0, 0.1) is 6.92 Å². The van der Waals surface area contributed by atoms with Gasteiger partial charge in [0.1, 0.15) is 0 Å². The molecular weight excluding hydrogens is 222 g/mol. The molecule has 0 aromatic heterocycles. The van der Waals surface area contributed by atoms with Gasteiger partial charge in [0.05, 0.1) is 12.0 Å². The Morgan fingerprint density at radius 2 is 2.31 bits per heavy atom. The normalized spacial score (nSPS) is 17.1. The van der Waals surface area contributed by atoms with Crippen LogP contribution in [0.1, 0.15) is 17.5 Å². The Labute approximate surface area is 102 Å². The fourth-order valence-corrected chi connectivity index (χ4v) is 2.39. The van der Waals surface area contributed by atoms with Gasteiger partial charge in [0.25, 0.3) is 0 Å². The number of anilines is 1. The van der Waals surface area contributed by atoms with Crippen LogP contribution >= 0.6 is 11.6 Å². The first-order chi connectivity index (χ1) is 7.70. The zero-order valence-electron chi connectivity index (χ0n) is 9.62. The van der Waals surface area contributed by atoms with Crippen LogP contribution in [0.2, 0.25) is 0 Å². The van der Waals surface area contributed by atoms with Crippen molar-refractivity contribution in [1.29, 1.82) is 0 Å². The highest BCUT2D eigenvalue weighted by Crippen LogP contribution is 2.27. The maximum Gasteiger partial charge on any atom is 0.0850 e. The molecule has 0 saturated carbocycles. The standard InChI is InChI=1S/C13H18ClNO/c1-10-4-5-13-11(7-10)3-2-6-15(13)9-12(16)8-14/h4-5,7,12,16H,2-3,6,8-9H2,1H3. The van der Waals surface area contributed by atoms with E-state index in [0.717, 1.165) is 19.4 Å². The average Bonchev–Trinajstić information content (AvgIpc) is 2.28. The molecule has 0 amide bonds. The highest BCUT2D eigenvalue weighted by atomic mass is 35.5. The smallest absolute Gasteiger partial charge is 0.0850 e. The molecule has 0 radical (unpaired) electrons. The van der Waals surface area contributed by atoms with Crippen molar-refractivity contribution in [2.45, 2.75) is 25.9 Å². The first-order valence-corrected chi connectivity index (χ1v) is 6.32. The number of fused-ring (bicyclic) bond motifs is 1. The SMILES string of the molecule is Cc1ccc2c(c1)CCCN2CC(O)CCl. The Bertz CT molecular complexity index is 367. The van der Waals surface area contributed by atoms with Gasteiger partial charge < -0.3 is 10.0 Å². The number of hydrogen-bond donors (Lipinski definition) is 1. The minimum Gasteiger partial charge on any atom is -0.390 e. The number of benzene rings is 1. The molecule has 0 saturated heterocycles. The molecule has 1 aromatic rings. The molecule has 1 aliphatic heterocycles. The van der Waals surface area contributed by atoms with Crippen molar-refractivity contribution in [2.75, 3.05) is 23.9 Å². The van der Waals surface area contributed by atoms with E-state index in [4.69, 9.17) is 11.6 Å². The van der Waals surface area contributed by atoms with Crippen LogP contribution in [0.3, 0.4) is 0 Å². The molecule has 1 N–H and O–H groups in total. The molecule has 2 rings (SSSR count). The predicted octanol–water partition coefficient (Wildman–Crippen LogP) is 2.35. The van der Waals surface area contributed by atoms with E-state index in [0.29, 0.717) is 12.4 Å². The zero-order chi connectivity index (χ0) is 11.5. The lowest BCUT2D eigenvalue weighted by Gasteiger charge is -2.32. The number of aliphatic hydroxyl groups excluding tert-OH is 1. The van der Waals surface area contributed by atoms with Gasteiger partial charge in [-0.15, -0.1) is 11.6 Å². The molecule has 1 heterocycles. The number of β-amino-alcohol motifs (C(OH)–C–C–N with tert-alkyl or cyclic N) is 1. The van der Waals surface area contributed by atoms with Crippen molar-refractivity contribution in [3.63, 3.8) is 0 Å². The number of nitrogens with zero attached hydrogens (tertiary/aromatic N) is 1. The van der Waals surface area contributed by atoms with Gasteiger partial charge in [0, 0.05) is 18.8 Å². The Balaban J connectivity index is 2.19. The topological polar surface area (TPSA) is 23.5 Å². The van der Waals surface area contributed by atoms with Crippen molar-refractivity contribution in [1.82, 2.24) is 0 Å². The lowest BCUT2D eigenvalue weighted by Crippen LogP contribution is -2.36. The Morgan fingerprint density at radius 3 is 3.06 bits per heavy atom. The second-order valence-corrected chi connectivity index (χ2v) is 4.80. The molecule has 1 aliphatic rings. The molecule has 0 spiro atoms. The number of aryl methyl sites for hydroxylation is 2. The number of halogens is 1. The molecule has 0 fully saturated rings. The summed E-state index contributed by atoms with van der Waals surface area (Å²) in [5.41, 5.74) is 3.97. The molecule has 0 bridgehead atoms. The first kappa shape index (κ1) is 11.7. The highest BCUT2D eigenvalue weighted by molar-refractivity contribution is 6.18. The van der Waals surface area contributed by atoms with Crippen LogP contribution in [0.5, 0.6) is 0 Å². The highest BCUT2D eigenvalue weighted by Gasteiger charge is 2.18. The second-order valence-electron chi connectivity index (χ2n) is 4.49. The van der Waals surface area contributed by atoms with Crippen LogP contribution in [-0.2, 0) is 6.42 Å². The Morgan fingerprint density at radius 1 is 1.50 bits per heavy atom. The van der Waals surface area contributed by atoms with Crippen molar-refractivity contribution in [2.24, 2.45) is 0 Å². The van der Waals surface area contributed by atoms with Crippen LogP contribution < -0.4 is 4.90 Å². The quantitative estimate of drug-likeness (QED) is 0.819. The van der Waals surface area contributed by atoms with Crippen LogP contribution in [-0.4, -0.2) is 30.2 Å². The minimum atomic E-state index is -0.436. The lowest BCUT2D eigenvalue weighted by atomic mass is 9.99.